The number of rotatable bonds is 4. The van der Waals surface area contributed by atoms with Gasteiger partial charge in [-0.2, -0.15) is 5.21 Å². The van der Waals surface area contributed by atoms with Crippen LogP contribution in [0.2, 0.25) is 0 Å². The summed E-state index contributed by atoms with van der Waals surface area (Å²) < 4.78 is 14.0. The van der Waals surface area contributed by atoms with Gasteiger partial charge in [0.25, 0.3) is 5.91 Å². The van der Waals surface area contributed by atoms with Crippen molar-refractivity contribution < 1.29 is 9.18 Å². The maximum atomic E-state index is 13.2. The number of H-pyrrole nitrogens is 1. The van der Waals surface area contributed by atoms with Crippen molar-refractivity contribution in [2.75, 3.05) is 10.6 Å². The van der Waals surface area contributed by atoms with Gasteiger partial charge >= 0.3 is 0 Å². The normalized spacial score (nSPS) is 10.3. The predicted molar refractivity (Wildman–Crippen MR) is 88.2 cm³/mol. The molecule has 3 N–H and O–H groups in total. The van der Waals surface area contributed by atoms with Crippen LogP contribution in [0.5, 0.6) is 0 Å². The molecule has 3 aromatic rings. The van der Waals surface area contributed by atoms with Gasteiger partial charge in [-0.25, -0.2) is 4.39 Å². The summed E-state index contributed by atoms with van der Waals surface area (Å²) in [7, 11) is 0. The zero-order valence-electron chi connectivity index (χ0n) is 11.7. The molecular formula is C15H11BrFN5O. The van der Waals surface area contributed by atoms with E-state index in [1.807, 2.05) is 12.1 Å². The van der Waals surface area contributed by atoms with E-state index in [-0.39, 0.29) is 11.5 Å². The zero-order valence-corrected chi connectivity index (χ0v) is 13.3. The molecule has 0 spiro atoms. The van der Waals surface area contributed by atoms with E-state index in [1.54, 1.807) is 24.3 Å². The van der Waals surface area contributed by atoms with Gasteiger partial charge < -0.3 is 10.6 Å². The first-order valence-electron chi connectivity index (χ1n) is 6.63. The summed E-state index contributed by atoms with van der Waals surface area (Å²) in [5, 5.41) is 15.7. The minimum absolute atomic E-state index is 0.0741. The molecule has 0 unspecified atom stereocenters. The molecule has 1 heterocycles. The van der Waals surface area contributed by atoms with Gasteiger partial charge in [-0.3, -0.25) is 4.79 Å². The Balaban J connectivity index is 1.80. The highest BCUT2D eigenvalue weighted by Gasteiger charge is 2.17. The number of amides is 1. The zero-order chi connectivity index (χ0) is 16.2. The van der Waals surface area contributed by atoms with Crippen LogP contribution < -0.4 is 10.6 Å². The van der Waals surface area contributed by atoms with Crippen molar-refractivity contribution in [2.45, 2.75) is 0 Å². The molecule has 1 aromatic heterocycles. The number of hydrogen-bond donors (Lipinski definition) is 3. The van der Waals surface area contributed by atoms with E-state index in [0.717, 1.165) is 4.47 Å². The second kappa shape index (κ2) is 6.57. The molecule has 116 valence electrons. The van der Waals surface area contributed by atoms with Crippen molar-refractivity contribution in [2.24, 2.45) is 0 Å². The minimum Gasteiger partial charge on any atom is -0.337 e. The molecular weight excluding hydrogens is 365 g/mol. The molecule has 6 nitrogen and oxygen atoms in total. The highest BCUT2D eigenvalue weighted by Crippen LogP contribution is 2.23. The molecule has 23 heavy (non-hydrogen) atoms. The Labute approximate surface area is 139 Å². The number of carbonyl (C=O) groups is 1. The average Bonchev–Trinajstić information content (AvgIpc) is 2.98. The van der Waals surface area contributed by atoms with E-state index in [4.69, 9.17) is 0 Å². The summed E-state index contributed by atoms with van der Waals surface area (Å²) in [5.41, 5.74) is 1.15. The fraction of sp³-hybridized carbons (Fsp3) is 0. The summed E-state index contributed by atoms with van der Waals surface area (Å²) in [5.74, 6) is -0.623. The monoisotopic (exact) mass is 375 g/mol. The Morgan fingerprint density at radius 3 is 2.74 bits per heavy atom. The lowest BCUT2D eigenvalue weighted by atomic mass is 10.3. The van der Waals surface area contributed by atoms with Crippen molar-refractivity contribution in [3.63, 3.8) is 0 Å². The minimum atomic E-state index is -0.440. The lowest BCUT2D eigenvalue weighted by Gasteiger charge is -2.07. The molecule has 0 aliphatic rings. The fourth-order valence-corrected chi connectivity index (χ4v) is 2.31. The van der Waals surface area contributed by atoms with Crippen molar-refractivity contribution in [3.05, 3.63) is 64.5 Å². The van der Waals surface area contributed by atoms with E-state index < -0.39 is 11.7 Å². The van der Waals surface area contributed by atoms with Crippen LogP contribution in [-0.2, 0) is 0 Å². The number of hydrogen-bond acceptors (Lipinski definition) is 4. The third kappa shape index (κ3) is 3.54. The summed E-state index contributed by atoms with van der Waals surface area (Å²) in [6.07, 6.45) is 0. The summed E-state index contributed by atoms with van der Waals surface area (Å²) in [4.78, 5) is 12.3. The van der Waals surface area contributed by atoms with Gasteiger partial charge in [0, 0.05) is 10.2 Å². The van der Waals surface area contributed by atoms with Crippen molar-refractivity contribution in [3.8, 4) is 0 Å². The van der Waals surface area contributed by atoms with Gasteiger partial charge in [-0.15, -0.1) is 10.2 Å². The Kier molecular flexibility index (Phi) is 4.33. The molecule has 0 bridgehead atoms. The molecule has 0 saturated carbocycles. The largest absolute Gasteiger partial charge is 0.337 e. The number of aromatic nitrogens is 3. The molecule has 0 atom stereocenters. The number of para-hydroxylation sites is 1. The molecule has 2 aromatic carbocycles. The maximum absolute atomic E-state index is 13.2. The van der Waals surface area contributed by atoms with Crippen LogP contribution in [-0.4, -0.2) is 21.3 Å². The Morgan fingerprint density at radius 1 is 1.13 bits per heavy atom. The van der Waals surface area contributed by atoms with E-state index in [1.165, 1.54) is 12.1 Å². The van der Waals surface area contributed by atoms with Gasteiger partial charge in [-0.1, -0.05) is 18.2 Å². The smallest absolute Gasteiger partial charge is 0.280 e. The maximum Gasteiger partial charge on any atom is 0.280 e. The third-order valence-electron chi connectivity index (χ3n) is 2.97. The summed E-state index contributed by atoms with van der Waals surface area (Å²) >= 11 is 3.35. The van der Waals surface area contributed by atoms with Crippen molar-refractivity contribution in [1.29, 1.82) is 0 Å². The van der Waals surface area contributed by atoms with Crippen LogP contribution >= 0.6 is 15.9 Å². The van der Waals surface area contributed by atoms with E-state index in [0.29, 0.717) is 11.4 Å². The molecule has 0 saturated heterocycles. The van der Waals surface area contributed by atoms with E-state index >= 15 is 0 Å². The van der Waals surface area contributed by atoms with Crippen LogP contribution in [0.25, 0.3) is 0 Å². The summed E-state index contributed by atoms with van der Waals surface area (Å²) in [6, 6.07) is 13.0. The number of nitrogens with zero attached hydrogens (tertiary/aromatic N) is 2. The lowest BCUT2D eigenvalue weighted by molar-refractivity contribution is 0.102. The Hall–Kier alpha value is -2.74. The highest BCUT2D eigenvalue weighted by molar-refractivity contribution is 9.10. The molecule has 1 amide bonds. The number of aromatic amines is 1. The first-order valence-corrected chi connectivity index (χ1v) is 7.42. The van der Waals surface area contributed by atoms with Crippen LogP contribution in [0.3, 0.4) is 0 Å². The second-order valence-corrected chi connectivity index (χ2v) is 5.44. The third-order valence-corrected chi connectivity index (χ3v) is 3.66. The van der Waals surface area contributed by atoms with Gasteiger partial charge in [0.1, 0.15) is 5.82 Å². The average molecular weight is 376 g/mol. The first kappa shape index (κ1) is 15.2. The van der Waals surface area contributed by atoms with Crippen LogP contribution in [0.15, 0.2) is 53.0 Å². The van der Waals surface area contributed by atoms with E-state index in [2.05, 4.69) is 42.0 Å². The number of nitrogens with one attached hydrogen (secondary N) is 3. The number of halogens is 2. The topological polar surface area (TPSA) is 82.7 Å². The van der Waals surface area contributed by atoms with Crippen molar-refractivity contribution >= 4 is 39.0 Å². The number of benzene rings is 2. The van der Waals surface area contributed by atoms with Gasteiger partial charge in [0.15, 0.2) is 11.5 Å². The number of anilines is 3. The highest BCUT2D eigenvalue weighted by atomic mass is 79.9. The van der Waals surface area contributed by atoms with Crippen LogP contribution in [0, 0.1) is 5.82 Å². The van der Waals surface area contributed by atoms with Crippen LogP contribution in [0.1, 0.15) is 10.5 Å². The molecule has 0 radical (unpaired) electrons. The number of carbonyl (C=O) groups excluding carboxylic acids is 1. The molecule has 3 rings (SSSR count). The molecule has 0 aliphatic carbocycles. The lowest BCUT2D eigenvalue weighted by Crippen LogP contribution is -2.14. The van der Waals surface area contributed by atoms with Gasteiger partial charge in [0.05, 0.1) is 5.69 Å². The first-order chi connectivity index (χ1) is 11.1. The molecule has 8 heteroatoms. The van der Waals surface area contributed by atoms with Gasteiger partial charge in [-0.05, 0) is 46.3 Å². The second-order valence-electron chi connectivity index (χ2n) is 4.59. The Bertz CT molecular complexity index is 851. The van der Waals surface area contributed by atoms with Crippen molar-refractivity contribution in [1.82, 2.24) is 15.4 Å². The quantitative estimate of drug-likeness (QED) is 0.649. The molecule has 0 fully saturated rings. The fourth-order valence-electron chi connectivity index (χ4n) is 1.92. The van der Waals surface area contributed by atoms with Crippen LogP contribution in [0.4, 0.5) is 21.6 Å². The summed E-state index contributed by atoms with van der Waals surface area (Å²) in [6.45, 7) is 0. The predicted octanol–water partition coefficient (Wildman–Crippen LogP) is 3.70. The standard InChI is InChI=1S/C15H11BrFN5O/c16-11-6-1-2-7-12(11)19-15(23)13-14(21-22-20-13)18-10-5-3-4-9(17)8-10/h1-8H,(H,19,23)(H2,18,20,21,22). The Morgan fingerprint density at radius 2 is 1.96 bits per heavy atom. The van der Waals surface area contributed by atoms with E-state index in [9.17, 15) is 9.18 Å². The van der Waals surface area contributed by atoms with Gasteiger partial charge in [0.2, 0.25) is 0 Å². The molecule has 0 aliphatic heterocycles. The SMILES string of the molecule is O=C(Nc1ccccc1Br)c1n[nH]nc1Nc1cccc(F)c1.